The first kappa shape index (κ1) is 11.8. The summed E-state index contributed by atoms with van der Waals surface area (Å²) in [6, 6.07) is 15.7. The highest BCUT2D eigenvalue weighted by Crippen LogP contribution is 2.22. The number of para-hydroxylation sites is 1. The van der Waals surface area contributed by atoms with Crippen LogP contribution in [0.15, 0.2) is 48.7 Å². The van der Waals surface area contributed by atoms with E-state index in [0.29, 0.717) is 11.4 Å². The second-order valence-electron chi connectivity index (χ2n) is 4.21. The molecule has 2 aromatic carbocycles. The fourth-order valence-electron chi connectivity index (χ4n) is 2.10. The van der Waals surface area contributed by atoms with Crippen molar-refractivity contribution in [3.05, 3.63) is 59.8 Å². The van der Waals surface area contributed by atoms with E-state index in [0.717, 1.165) is 22.2 Å². The number of halogens is 1. The smallest absolute Gasteiger partial charge is 0.101 e. The number of alkyl halides is 1. The van der Waals surface area contributed by atoms with Gasteiger partial charge in [0.15, 0.2) is 0 Å². The minimum Gasteiger partial charge on any atom is -0.232 e. The van der Waals surface area contributed by atoms with Gasteiger partial charge in [0.25, 0.3) is 0 Å². The van der Waals surface area contributed by atoms with E-state index in [2.05, 4.69) is 11.2 Å². The number of hydrogen-bond acceptors (Lipinski definition) is 2. The molecule has 4 heteroatoms. The third-order valence-electron chi connectivity index (χ3n) is 3.04. The fourth-order valence-corrected chi connectivity index (χ4v) is 2.27. The zero-order valence-electron chi connectivity index (χ0n) is 10.0. The highest BCUT2D eigenvalue weighted by molar-refractivity contribution is 6.17. The molecule has 3 aromatic rings. The van der Waals surface area contributed by atoms with Gasteiger partial charge >= 0.3 is 0 Å². The van der Waals surface area contributed by atoms with Crippen LogP contribution in [0.5, 0.6) is 0 Å². The van der Waals surface area contributed by atoms with Crippen LogP contribution in [0.2, 0.25) is 0 Å². The normalized spacial score (nSPS) is 10.5. The molecule has 0 atom stereocenters. The molecule has 0 aliphatic rings. The van der Waals surface area contributed by atoms with E-state index in [1.165, 1.54) is 0 Å². The van der Waals surface area contributed by atoms with Crippen LogP contribution >= 0.6 is 11.6 Å². The first-order valence-electron chi connectivity index (χ1n) is 5.85. The maximum Gasteiger partial charge on any atom is 0.101 e. The summed E-state index contributed by atoms with van der Waals surface area (Å²) in [6.07, 6.45) is 1.80. The molecular weight excluding hydrogens is 258 g/mol. The van der Waals surface area contributed by atoms with Crippen LogP contribution in [0.25, 0.3) is 16.6 Å². The highest BCUT2D eigenvalue weighted by Gasteiger charge is 2.09. The summed E-state index contributed by atoms with van der Waals surface area (Å²) >= 11 is 5.80. The number of nitrogens with zero attached hydrogens (tertiary/aromatic N) is 3. The van der Waals surface area contributed by atoms with Crippen molar-refractivity contribution in [2.45, 2.75) is 5.88 Å². The number of nitriles is 1. The van der Waals surface area contributed by atoms with E-state index < -0.39 is 0 Å². The quantitative estimate of drug-likeness (QED) is 0.665. The molecule has 0 amide bonds. The van der Waals surface area contributed by atoms with E-state index in [1.807, 2.05) is 36.4 Å². The molecule has 92 valence electrons. The zero-order valence-corrected chi connectivity index (χ0v) is 10.8. The summed E-state index contributed by atoms with van der Waals surface area (Å²) in [5, 5.41) is 14.7. The van der Waals surface area contributed by atoms with E-state index in [-0.39, 0.29) is 0 Å². The molecule has 0 N–H and O–H groups in total. The Morgan fingerprint density at radius 1 is 1.21 bits per heavy atom. The number of fused-ring (bicyclic) bond motifs is 1. The molecule has 0 saturated heterocycles. The number of hydrogen-bond donors (Lipinski definition) is 0. The Morgan fingerprint density at radius 2 is 2.05 bits per heavy atom. The van der Waals surface area contributed by atoms with E-state index in [1.54, 1.807) is 16.9 Å². The first-order valence-corrected chi connectivity index (χ1v) is 6.39. The van der Waals surface area contributed by atoms with Gasteiger partial charge in [-0.25, -0.2) is 4.68 Å². The lowest BCUT2D eigenvalue weighted by Crippen LogP contribution is -2.00. The lowest BCUT2D eigenvalue weighted by molar-refractivity contribution is 0.906. The van der Waals surface area contributed by atoms with Crippen molar-refractivity contribution >= 4 is 22.5 Å². The van der Waals surface area contributed by atoms with Crippen molar-refractivity contribution < 1.29 is 0 Å². The molecule has 1 heterocycles. The van der Waals surface area contributed by atoms with Crippen LogP contribution in [-0.2, 0) is 5.88 Å². The van der Waals surface area contributed by atoms with Crippen molar-refractivity contribution in [1.29, 1.82) is 5.26 Å². The summed E-state index contributed by atoms with van der Waals surface area (Å²) in [4.78, 5) is 0. The molecule has 0 spiro atoms. The average Bonchev–Trinajstić information content (AvgIpc) is 2.90. The van der Waals surface area contributed by atoms with Gasteiger partial charge in [0.05, 0.1) is 23.0 Å². The number of benzene rings is 2. The van der Waals surface area contributed by atoms with Gasteiger partial charge in [-0.1, -0.05) is 24.3 Å². The van der Waals surface area contributed by atoms with Gasteiger partial charge in [-0.2, -0.15) is 10.4 Å². The summed E-state index contributed by atoms with van der Waals surface area (Å²) < 4.78 is 1.78. The second kappa shape index (κ2) is 4.75. The van der Waals surface area contributed by atoms with Crippen molar-refractivity contribution in [3.8, 4) is 11.8 Å². The van der Waals surface area contributed by atoms with Gasteiger partial charge < -0.3 is 0 Å². The molecular formula is C15H10ClN3. The van der Waals surface area contributed by atoms with Crippen LogP contribution < -0.4 is 0 Å². The van der Waals surface area contributed by atoms with Gasteiger partial charge in [-0.3, -0.25) is 0 Å². The van der Waals surface area contributed by atoms with Crippen LogP contribution in [0.3, 0.4) is 0 Å². The van der Waals surface area contributed by atoms with Crippen LogP contribution in [0.4, 0.5) is 0 Å². The second-order valence-corrected chi connectivity index (χ2v) is 4.48. The van der Waals surface area contributed by atoms with E-state index >= 15 is 0 Å². The van der Waals surface area contributed by atoms with Gasteiger partial charge in [-0.05, 0) is 23.8 Å². The fraction of sp³-hybridized carbons (Fsp3) is 0.0667. The Labute approximate surface area is 115 Å². The summed E-state index contributed by atoms with van der Waals surface area (Å²) in [5.41, 5.74) is 3.26. The molecule has 0 radical (unpaired) electrons. The Kier molecular flexibility index (Phi) is 2.94. The predicted octanol–water partition coefficient (Wildman–Crippen LogP) is 3.64. The monoisotopic (exact) mass is 267 g/mol. The zero-order chi connectivity index (χ0) is 13.2. The molecule has 0 bridgehead atoms. The predicted molar refractivity (Wildman–Crippen MR) is 75.3 cm³/mol. The van der Waals surface area contributed by atoms with Crippen molar-refractivity contribution in [1.82, 2.24) is 9.78 Å². The SMILES string of the molecule is N#Cc1cc(CCl)ccc1-n1ncc2ccccc21. The standard InChI is InChI=1S/C15H10ClN3/c16-8-11-5-6-15(13(7-11)9-17)19-14-4-2-1-3-12(14)10-18-19/h1-7,10H,8H2. The maximum atomic E-state index is 9.28. The Balaban J connectivity index is 2.25. The Hall–Kier alpha value is -2.31. The van der Waals surface area contributed by atoms with Gasteiger partial charge in [0, 0.05) is 11.3 Å². The van der Waals surface area contributed by atoms with E-state index in [9.17, 15) is 5.26 Å². The number of rotatable bonds is 2. The lowest BCUT2D eigenvalue weighted by atomic mass is 10.1. The number of aromatic nitrogens is 2. The molecule has 0 aliphatic carbocycles. The Morgan fingerprint density at radius 3 is 2.84 bits per heavy atom. The molecule has 0 aliphatic heterocycles. The molecule has 19 heavy (non-hydrogen) atoms. The van der Waals surface area contributed by atoms with Crippen molar-refractivity contribution in [2.75, 3.05) is 0 Å². The summed E-state index contributed by atoms with van der Waals surface area (Å²) in [5.74, 6) is 0.398. The molecule has 1 aromatic heterocycles. The lowest BCUT2D eigenvalue weighted by Gasteiger charge is -2.07. The van der Waals surface area contributed by atoms with Crippen molar-refractivity contribution in [3.63, 3.8) is 0 Å². The topological polar surface area (TPSA) is 41.6 Å². The average molecular weight is 268 g/mol. The minimum absolute atomic E-state index is 0.398. The summed E-state index contributed by atoms with van der Waals surface area (Å²) in [7, 11) is 0. The highest BCUT2D eigenvalue weighted by atomic mass is 35.5. The molecule has 3 nitrogen and oxygen atoms in total. The minimum atomic E-state index is 0.398. The van der Waals surface area contributed by atoms with E-state index in [4.69, 9.17) is 11.6 Å². The van der Waals surface area contributed by atoms with Gasteiger partial charge in [0.1, 0.15) is 6.07 Å². The third-order valence-corrected chi connectivity index (χ3v) is 3.35. The largest absolute Gasteiger partial charge is 0.232 e. The van der Waals surface area contributed by atoms with Gasteiger partial charge in [0.2, 0.25) is 0 Å². The molecule has 0 saturated carbocycles. The van der Waals surface area contributed by atoms with Crippen LogP contribution in [-0.4, -0.2) is 9.78 Å². The molecule has 3 rings (SSSR count). The summed E-state index contributed by atoms with van der Waals surface area (Å²) in [6.45, 7) is 0. The third kappa shape index (κ3) is 1.96. The Bertz CT molecular complexity index is 783. The van der Waals surface area contributed by atoms with Crippen LogP contribution in [0, 0.1) is 11.3 Å². The van der Waals surface area contributed by atoms with Crippen LogP contribution in [0.1, 0.15) is 11.1 Å². The molecule has 0 unspecified atom stereocenters. The van der Waals surface area contributed by atoms with Crippen molar-refractivity contribution in [2.24, 2.45) is 0 Å². The first-order chi connectivity index (χ1) is 9.33. The van der Waals surface area contributed by atoms with Gasteiger partial charge in [-0.15, -0.1) is 11.6 Å². The molecule has 0 fully saturated rings. The maximum absolute atomic E-state index is 9.28.